The summed E-state index contributed by atoms with van der Waals surface area (Å²) in [4.78, 5) is 23.4. The molecule has 0 saturated carbocycles. The highest BCUT2D eigenvalue weighted by molar-refractivity contribution is 5.94. The Morgan fingerprint density at radius 3 is 2.88 bits per heavy atom. The van der Waals surface area contributed by atoms with Crippen LogP contribution >= 0.6 is 0 Å². The van der Waals surface area contributed by atoms with Gasteiger partial charge in [-0.05, 0) is 45.6 Å². The number of rotatable bonds is 4. The van der Waals surface area contributed by atoms with Crippen molar-refractivity contribution in [3.05, 3.63) is 29.7 Å². The highest BCUT2D eigenvalue weighted by Crippen LogP contribution is 2.27. The number of nitrogens with zero attached hydrogens (tertiary/aromatic N) is 5. The Morgan fingerprint density at radius 2 is 2.21 bits per heavy atom. The number of esters is 1. The first-order chi connectivity index (χ1) is 11.6. The minimum atomic E-state index is -0.381. The highest BCUT2D eigenvalue weighted by Gasteiger charge is 2.26. The van der Waals surface area contributed by atoms with E-state index in [0.29, 0.717) is 30.0 Å². The largest absolute Gasteiger partial charge is 0.462 e. The van der Waals surface area contributed by atoms with Gasteiger partial charge in [0, 0.05) is 25.0 Å². The number of ether oxygens (including phenoxy) is 1. The standard InChI is InChI=1S/C17H23N5O2/c1-4-24-16(23)14-10-18-17(22-11-12(2)9-19-22)20-15(14)21-8-6-5-7-13(21)3/h9-11,13H,4-8H2,1-3H3/t13-/m1/s1. The van der Waals surface area contributed by atoms with Crippen molar-refractivity contribution in [2.45, 2.75) is 46.1 Å². The second kappa shape index (κ2) is 6.98. The number of hydrogen-bond donors (Lipinski definition) is 0. The molecule has 7 heteroatoms. The lowest BCUT2D eigenvalue weighted by Gasteiger charge is -2.35. The number of anilines is 1. The molecule has 1 aliphatic rings. The van der Waals surface area contributed by atoms with Gasteiger partial charge in [-0.3, -0.25) is 0 Å². The van der Waals surface area contributed by atoms with Crippen LogP contribution in [0.2, 0.25) is 0 Å². The van der Waals surface area contributed by atoms with E-state index < -0.39 is 0 Å². The molecule has 0 aromatic carbocycles. The summed E-state index contributed by atoms with van der Waals surface area (Å²) in [5.74, 6) is 0.719. The second-order valence-corrected chi connectivity index (χ2v) is 6.13. The average molecular weight is 329 g/mol. The Morgan fingerprint density at radius 1 is 1.38 bits per heavy atom. The third kappa shape index (κ3) is 3.25. The van der Waals surface area contributed by atoms with Gasteiger partial charge in [0.25, 0.3) is 5.95 Å². The van der Waals surface area contributed by atoms with Crippen molar-refractivity contribution in [1.82, 2.24) is 19.7 Å². The van der Waals surface area contributed by atoms with Crippen LogP contribution in [0.1, 0.15) is 49.0 Å². The van der Waals surface area contributed by atoms with E-state index in [1.165, 1.54) is 6.42 Å². The van der Waals surface area contributed by atoms with Gasteiger partial charge in [-0.25, -0.2) is 14.5 Å². The van der Waals surface area contributed by atoms with E-state index in [4.69, 9.17) is 4.74 Å². The quantitative estimate of drug-likeness (QED) is 0.803. The molecule has 1 aliphatic heterocycles. The Hall–Kier alpha value is -2.44. The molecule has 0 N–H and O–H groups in total. The maximum absolute atomic E-state index is 12.3. The predicted octanol–water partition coefficient (Wildman–Crippen LogP) is 2.53. The third-order valence-electron chi connectivity index (χ3n) is 4.24. The van der Waals surface area contributed by atoms with Crippen molar-refractivity contribution in [3.8, 4) is 5.95 Å². The van der Waals surface area contributed by atoms with Crippen molar-refractivity contribution in [2.75, 3.05) is 18.1 Å². The molecule has 3 heterocycles. The summed E-state index contributed by atoms with van der Waals surface area (Å²) in [5, 5.41) is 4.26. The van der Waals surface area contributed by atoms with Gasteiger partial charge >= 0.3 is 5.97 Å². The van der Waals surface area contributed by atoms with Gasteiger partial charge in [-0.1, -0.05) is 0 Å². The minimum absolute atomic E-state index is 0.327. The number of piperidine rings is 1. The number of carbonyl (C=O) groups excluding carboxylic acids is 1. The Bertz CT molecular complexity index is 728. The lowest BCUT2D eigenvalue weighted by molar-refractivity contribution is 0.0526. The number of carbonyl (C=O) groups is 1. The molecule has 3 rings (SSSR count). The zero-order chi connectivity index (χ0) is 17.1. The van der Waals surface area contributed by atoms with Gasteiger partial charge < -0.3 is 9.64 Å². The molecule has 2 aromatic heterocycles. The van der Waals surface area contributed by atoms with Crippen LogP contribution in [0.15, 0.2) is 18.6 Å². The van der Waals surface area contributed by atoms with Crippen LogP contribution in [0.4, 0.5) is 5.82 Å². The maximum Gasteiger partial charge on any atom is 0.343 e. The van der Waals surface area contributed by atoms with E-state index in [2.05, 4.69) is 26.9 Å². The first-order valence-corrected chi connectivity index (χ1v) is 8.42. The molecule has 128 valence electrons. The van der Waals surface area contributed by atoms with Crippen LogP contribution in [0.3, 0.4) is 0 Å². The summed E-state index contributed by atoms with van der Waals surface area (Å²) in [6.07, 6.45) is 8.54. The lowest BCUT2D eigenvalue weighted by Crippen LogP contribution is -2.39. The number of hydrogen-bond acceptors (Lipinski definition) is 6. The molecule has 0 unspecified atom stereocenters. The monoisotopic (exact) mass is 329 g/mol. The summed E-state index contributed by atoms with van der Waals surface area (Å²) < 4.78 is 6.80. The summed E-state index contributed by atoms with van der Waals surface area (Å²) in [6, 6.07) is 0.328. The van der Waals surface area contributed by atoms with Crippen molar-refractivity contribution in [2.24, 2.45) is 0 Å². The van der Waals surface area contributed by atoms with E-state index >= 15 is 0 Å². The highest BCUT2D eigenvalue weighted by atomic mass is 16.5. The normalized spacial score (nSPS) is 17.8. The van der Waals surface area contributed by atoms with Crippen LogP contribution in [-0.4, -0.2) is 44.9 Å². The predicted molar refractivity (Wildman–Crippen MR) is 90.5 cm³/mol. The van der Waals surface area contributed by atoms with Crippen LogP contribution in [0.25, 0.3) is 5.95 Å². The first-order valence-electron chi connectivity index (χ1n) is 8.42. The zero-order valence-corrected chi connectivity index (χ0v) is 14.4. The summed E-state index contributed by atoms with van der Waals surface area (Å²) in [5.41, 5.74) is 1.44. The summed E-state index contributed by atoms with van der Waals surface area (Å²) >= 11 is 0. The molecule has 0 radical (unpaired) electrons. The molecule has 24 heavy (non-hydrogen) atoms. The van der Waals surface area contributed by atoms with E-state index in [0.717, 1.165) is 24.9 Å². The Kier molecular flexibility index (Phi) is 4.78. The third-order valence-corrected chi connectivity index (χ3v) is 4.24. The Balaban J connectivity index is 2.04. The molecule has 1 saturated heterocycles. The fourth-order valence-electron chi connectivity index (χ4n) is 2.98. The van der Waals surface area contributed by atoms with E-state index in [-0.39, 0.29) is 5.97 Å². The van der Waals surface area contributed by atoms with Gasteiger partial charge in [0.1, 0.15) is 11.4 Å². The van der Waals surface area contributed by atoms with Crippen molar-refractivity contribution in [1.29, 1.82) is 0 Å². The number of aryl methyl sites for hydroxylation is 1. The smallest absolute Gasteiger partial charge is 0.343 e. The zero-order valence-electron chi connectivity index (χ0n) is 14.4. The molecule has 2 aromatic rings. The van der Waals surface area contributed by atoms with Gasteiger partial charge in [0.05, 0.1) is 12.8 Å². The fraction of sp³-hybridized carbons (Fsp3) is 0.529. The molecule has 0 amide bonds. The maximum atomic E-state index is 12.3. The van der Waals surface area contributed by atoms with Gasteiger partial charge in [-0.15, -0.1) is 0 Å². The van der Waals surface area contributed by atoms with Gasteiger partial charge in [0.15, 0.2) is 0 Å². The van der Waals surface area contributed by atoms with Crippen molar-refractivity contribution in [3.63, 3.8) is 0 Å². The average Bonchev–Trinajstić information content (AvgIpc) is 3.01. The summed E-state index contributed by atoms with van der Waals surface area (Å²) in [6.45, 7) is 7.12. The topological polar surface area (TPSA) is 73.1 Å². The molecular formula is C17H23N5O2. The SMILES string of the molecule is CCOC(=O)c1cnc(-n2cc(C)cn2)nc1N1CCCC[C@H]1C. The minimum Gasteiger partial charge on any atom is -0.462 e. The molecular weight excluding hydrogens is 306 g/mol. The summed E-state index contributed by atoms with van der Waals surface area (Å²) in [7, 11) is 0. The molecule has 1 fully saturated rings. The molecule has 1 atom stereocenters. The van der Waals surface area contributed by atoms with Crippen LogP contribution < -0.4 is 4.90 Å². The van der Waals surface area contributed by atoms with Gasteiger partial charge in [0.2, 0.25) is 0 Å². The van der Waals surface area contributed by atoms with Crippen LogP contribution in [0.5, 0.6) is 0 Å². The molecule has 7 nitrogen and oxygen atoms in total. The van der Waals surface area contributed by atoms with Crippen LogP contribution in [-0.2, 0) is 4.74 Å². The lowest BCUT2D eigenvalue weighted by atomic mass is 10.0. The van der Waals surface area contributed by atoms with Crippen molar-refractivity contribution >= 4 is 11.8 Å². The van der Waals surface area contributed by atoms with Crippen LogP contribution in [0, 0.1) is 6.92 Å². The van der Waals surface area contributed by atoms with Gasteiger partial charge in [-0.2, -0.15) is 10.1 Å². The van der Waals surface area contributed by atoms with E-state index in [9.17, 15) is 4.79 Å². The van der Waals surface area contributed by atoms with Crippen molar-refractivity contribution < 1.29 is 9.53 Å². The first kappa shape index (κ1) is 16.4. The molecule has 0 spiro atoms. The molecule has 0 aliphatic carbocycles. The molecule has 0 bridgehead atoms. The fourth-order valence-corrected chi connectivity index (χ4v) is 2.98. The number of aromatic nitrogens is 4. The second-order valence-electron chi connectivity index (χ2n) is 6.13. The van der Waals surface area contributed by atoms with E-state index in [1.807, 2.05) is 13.1 Å². The Labute approximate surface area is 141 Å². The van der Waals surface area contributed by atoms with E-state index in [1.54, 1.807) is 24.0 Å².